The van der Waals surface area contributed by atoms with Crippen LogP contribution in [0.15, 0.2) is 36.4 Å². The van der Waals surface area contributed by atoms with Crippen LogP contribution < -0.4 is 4.74 Å². The fourth-order valence-electron chi connectivity index (χ4n) is 1.80. The van der Waals surface area contributed by atoms with Crippen LogP contribution in [0, 0.1) is 23.0 Å². The van der Waals surface area contributed by atoms with Gasteiger partial charge in [-0.05, 0) is 29.8 Å². The van der Waals surface area contributed by atoms with E-state index >= 15 is 0 Å². The average molecular weight is 259 g/mol. The third-order valence-electron chi connectivity index (χ3n) is 2.81. The molecule has 0 fully saturated rings. The van der Waals surface area contributed by atoms with Crippen LogP contribution in [-0.4, -0.2) is 7.11 Å². The van der Waals surface area contributed by atoms with E-state index in [0.29, 0.717) is 16.9 Å². The number of nitriles is 1. The average Bonchev–Trinajstić information content (AvgIpc) is 2.42. The molecule has 0 aliphatic rings. The summed E-state index contributed by atoms with van der Waals surface area (Å²) in [5.74, 6) is -0.465. The minimum atomic E-state index is -0.513. The van der Waals surface area contributed by atoms with Crippen LogP contribution in [0.4, 0.5) is 8.78 Å². The van der Waals surface area contributed by atoms with Gasteiger partial charge in [0.15, 0.2) is 0 Å². The highest BCUT2D eigenvalue weighted by Gasteiger charge is 2.10. The first-order chi connectivity index (χ1) is 9.15. The Balaban J connectivity index is 2.48. The van der Waals surface area contributed by atoms with Crippen LogP contribution in [0.1, 0.15) is 5.56 Å². The molecule has 0 spiro atoms. The monoisotopic (exact) mass is 259 g/mol. The molecule has 0 aliphatic carbocycles. The van der Waals surface area contributed by atoms with Gasteiger partial charge >= 0.3 is 0 Å². The lowest BCUT2D eigenvalue weighted by Crippen LogP contribution is -1.92. The minimum Gasteiger partial charge on any atom is -0.497 e. The molecule has 2 nitrogen and oxygen atoms in total. The van der Waals surface area contributed by atoms with E-state index in [2.05, 4.69) is 0 Å². The maximum Gasteiger partial charge on any atom is 0.131 e. The zero-order valence-corrected chi connectivity index (χ0v) is 10.3. The van der Waals surface area contributed by atoms with E-state index in [4.69, 9.17) is 10.00 Å². The molecule has 0 aromatic heterocycles. The van der Waals surface area contributed by atoms with Crippen molar-refractivity contribution >= 4 is 0 Å². The van der Waals surface area contributed by atoms with Crippen molar-refractivity contribution in [1.82, 2.24) is 0 Å². The molecule has 0 N–H and O–H groups in total. The van der Waals surface area contributed by atoms with Crippen LogP contribution in [0.25, 0.3) is 11.1 Å². The Morgan fingerprint density at radius 2 is 1.89 bits per heavy atom. The summed E-state index contributed by atoms with van der Waals surface area (Å²) >= 11 is 0. The molecule has 0 heterocycles. The van der Waals surface area contributed by atoms with Crippen LogP contribution in [0.3, 0.4) is 0 Å². The molecule has 4 heteroatoms. The molecule has 0 atom stereocenters. The Labute approximate surface area is 109 Å². The van der Waals surface area contributed by atoms with E-state index in [1.165, 1.54) is 37.4 Å². The molecule has 2 aromatic carbocycles. The smallest absolute Gasteiger partial charge is 0.131 e. The van der Waals surface area contributed by atoms with Crippen molar-refractivity contribution in [3.8, 4) is 22.9 Å². The van der Waals surface area contributed by atoms with Crippen molar-refractivity contribution in [2.75, 3.05) is 7.11 Å². The number of nitrogens with zero attached hydrogens (tertiary/aromatic N) is 1. The van der Waals surface area contributed by atoms with E-state index in [1.54, 1.807) is 6.07 Å². The highest BCUT2D eigenvalue weighted by atomic mass is 19.1. The zero-order chi connectivity index (χ0) is 13.8. The highest BCUT2D eigenvalue weighted by Crippen LogP contribution is 2.28. The normalized spacial score (nSPS) is 10.0. The number of hydrogen-bond acceptors (Lipinski definition) is 2. The summed E-state index contributed by atoms with van der Waals surface area (Å²) in [6.45, 7) is 0. The van der Waals surface area contributed by atoms with Crippen LogP contribution in [-0.2, 0) is 6.42 Å². The molecule has 0 bridgehead atoms. The summed E-state index contributed by atoms with van der Waals surface area (Å²) in [6, 6.07) is 10.5. The van der Waals surface area contributed by atoms with E-state index in [-0.39, 0.29) is 12.0 Å². The molecule has 0 saturated heterocycles. The molecule has 0 saturated carbocycles. The van der Waals surface area contributed by atoms with Crippen molar-refractivity contribution in [2.45, 2.75) is 6.42 Å². The zero-order valence-electron chi connectivity index (χ0n) is 10.3. The van der Waals surface area contributed by atoms with Crippen molar-refractivity contribution in [2.24, 2.45) is 0 Å². The second-order valence-corrected chi connectivity index (χ2v) is 3.99. The summed E-state index contributed by atoms with van der Waals surface area (Å²) in [4.78, 5) is 0. The van der Waals surface area contributed by atoms with E-state index < -0.39 is 11.6 Å². The molecule has 2 rings (SSSR count). The largest absolute Gasteiger partial charge is 0.497 e. The van der Waals surface area contributed by atoms with Crippen molar-refractivity contribution in [3.05, 3.63) is 53.6 Å². The first kappa shape index (κ1) is 13.0. The van der Waals surface area contributed by atoms with Gasteiger partial charge in [-0.15, -0.1) is 0 Å². The van der Waals surface area contributed by atoms with Gasteiger partial charge in [0.25, 0.3) is 0 Å². The summed E-state index contributed by atoms with van der Waals surface area (Å²) < 4.78 is 32.5. The molecule has 0 radical (unpaired) electrons. The summed E-state index contributed by atoms with van der Waals surface area (Å²) in [5, 5.41) is 8.55. The Kier molecular flexibility index (Phi) is 3.76. The highest BCUT2D eigenvalue weighted by molar-refractivity contribution is 5.66. The predicted molar refractivity (Wildman–Crippen MR) is 67.7 cm³/mol. The molecule has 0 aliphatic heterocycles. The maximum absolute atomic E-state index is 13.7. The number of rotatable bonds is 3. The number of benzene rings is 2. The maximum atomic E-state index is 13.7. The summed E-state index contributed by atoms with van der Waals surface area (Å²) in [5.41, 5.74) is 0.979. The Hall–Kier alpha value is -2.41. The molecule has 0 unspecified atom stereocenters. The first-order valence-corrected chi connectivity index (χ1v) is 5.65. The molecular formula is C15H11F2NO. The first-order valence-electron chi connectivity index (χ1n) is 5.65. The van der Waals surface area contributed by atoms with Gasteiger partial charge in [-0.1, -0.05) is 12.1 Å². The SMILES string of the molecule is COc1ccc(F)c(-c2ccc(CC#N)c(F)c2)c1. The predicted octanol–water partition coefficient (Wildman–Crippen LogP) is 3.71. The lowest BCUT2D eigenvalue weighted by atomic mass is 10.0. The number of ether oxygens (including phenoxy) is 1. The Bertz CT molecular complexity index is 647. The van der Waals surface area contributed by atoms with Crippen molar-refractivity contribution in [1.29, 1.82) is 5.26 Å². The summed E-state index contributed by atoms with van der Waals surface area (Å²) in [6.07, 6.45) is -0.00724. The Morgan fingerprint density at radius 3 is 2.53 bits per heavy atom. The Morgan fingerprint density at radius 1 is 1.11 bits per heavy atom. The van der Waals surface area contributed by atoms with Gasteiger partial charge in [-0.2, -0.15) is 5.26 Å². The second-order valence-electron chi connectivity index (χ2n) is 3.99. The van der Waals surface area contributed by atoms with Gasteiger partial charge < -0.3 is 4.74 Å². The molecule has 0 amide bonds. The third-order valence-corrected chi connectivity index (χ3v) is 2.81. The van der Waals surface area contributed by atoms with Crippen LogP contribution in [0.5, 0.6) is 5.75 Å². The molecule has 2 aromatic rings. The standard InChI is InChI=1S/C15H11F2NO/c1-19-12-4-5-14(16)13(9-12)11-3-2-10(6-7-18)15(17)8-11/h2-5,8-9H,6H2,1H3. The van der Waals surface area contributed by atoms with E-state index in [9.17, 15) is 8.78 Å². The fourth-order valence-corrected chi connectivity index (χ4v) is 1.80. The van der Waals surface area contributed by atoms with Gasteiger partial charge in [-0.25, -0.2) is 8.78 Å². The lowest BCUT2D eigenvalue weighted by molar-refractivity contribution is 0.414. The van der Waals surface area contributed by atoms with Crippen LogP contribution in [0.2, 0.25) is 0 Å². The van der Waals surface area contributed by atoms with Crippen LogP contribution >= 0.6 is 0 Å². The minimum absolute atomic E-state index is 0.00724. The quantitative estimate of drug-likeness (QED) is 0.841. The molecule has 96 valence electrons. The number of methoxy groups -OCH3 is 1. The van der Waals surface area contributed by atoms with Gasteiger partial charge in [0.1, 0.15) is 17.4 Å². The van der Waals surface area contributed by atoms with Gasteiger partial charge in [0.05, 0.1) is 19.6 Å². The number of halogens is 2. The van der Waals surface area contributed by atoms with Crippen molar-refractivity contribution < 1.29 is 13.5 Å². The van der Waals surface area contributed by atoms with Gasteiger partial charge in [0.2, 0.25) is 0 Å². The molecular weight excluding hydrogens is 248 g/mol. The number of hydrogen-bond donors (Lipinski definition) is 0. The van der Waals surface area contributed by atoms with Gasteiger partial charge in [0, 0.05) is 11.1 Å². The topological polar surface area (TPSA) is 33.0 Å². The molecule has 19 heavy (non-hydrogen) atoms. The van der Waals surface area contributed by atoms with E-state index in [0.717, 1.165) is 0 Å². The fraction of sp³-hybridized carbons (Fsp3) is 0.133. The second kappa shape index (κ2) is 5.49. The van der Waals surface area contributed by atoms with Gasteiger partial charge in [-0.3, -0.25) is 0 Å². The van der Waals surface area contributed by atoms with E-state index in [1.807, 2.05) is 6.07 Å². The summed E-state index contributed by atoms with van der Waals surface area (Å²) in [7, 11) is 1.48. The lowest BCUT2D eigenvalue weighted by Gasteiger charge is -2.08. The van der Waals surface area contributed by atoms with Crippen molar-refractivity contribution in [3.63, 3.8) is 0 Å². The third kappa shape index (κ3) is 2.71.